The summed E-state index contributed by atoms with van der Waals surface area (Å²) in [6.45, 7) is 1.76. The zero-order valence-corrected chi connectivity index (χ0v) is 13.5. The molecule has 0 spiro atoms. The molecule has 2 aromatic carbocycles. The van der Waals surface area contributed by atoms with E-state index in [4.69, 9.17) is 11.6 Å². The van der Waals surface area contributed by atoms with Gasteiger partial charge in [0.15, 0.2) is 0 Å². The van der Waals surface area contributed by atoms with Gasteiger partial charge in [0, 0.05) is 16.3 Å². The molecule has 8 heteroatoms. The Hall–Kier alpha value is -1.99. The van der Waals surface area contributed by atoms with Crippen molar-refractivity contribution in [2.45, 2.75) is 17.6 Å². The normalized spacial score (nSPS) is 11.5. The third-order valence-corrected chi connectivity index (χ3v) is 4.75. The van der Waals surface area contributed by atoms with Crippen molar-refractivity contribution in [2.24, 2.45) is 0 Å². The summed E-state index contributed by atoms with van der Waals surface area (Å²) in [6, 6.07) is 9.23. The molecule has 0 unspecified atom stereocenters. The number of aryl methyl sites for hydroxylation is 1. The molecule has 122 valence electrons. The van der Waals surface area contributed by atoms with Crippen LogP contribution in [0.2, 0.25) is 5.02 Å². The van der Waals surface area contributed by atoms with Crippen LogP contribution in [0.1, 0.15) is 15.9 Å². The lowest BCUT2D eigenvalue weighted by molar-refractivity contribution is 0.102. The number of amides is 1. The highest BCUT2D eigenvalue weighted by Gasteiger charge is 2.26. The van der Waals surface area contributed by atoms with Gasteiger partial charge in [-0.2, -0.15) is 8.78 Å². The Kier molecular flexibility index (Phi) is 5.01. The molecule has 0 bridgehead atoms. The van der Waals surface area contributed by atoms with Crippen LogP contribution in [0.3, 0.4) is 0 Å². The zero-order chi connectivity index (χ0) is 17.2. The van der Waals surface area contributed by atoms with E-state index in [-0.39, 0.29) is 5.56 Å². The molecular formula is C15H12ClF2NO3S. The Balaban J connectivity index is 2.21. The van der Waals surface area contributed by atoms with Crippen molar-refractivity contribution < 1.29 is 22.0 Å². The van der Waals surface area contributed by atoms with Gasteiger partial charge >= 0.3 is 5.76 Å². The maximum absolute atomic E-state index is 12.4. The molecule has 0 radical (unpaired) electrons. The number of nitrogens with one attached hydrogen (secondary N) is 1. The molecule has 0 aliphatic carbocycles. The van der Waals surface area contributed by atoms with Crippen molar-refractivity contribution in [3.63, 3.8) is 0 Å². The lowest BCUT2D eigenvalue weighted by Gasteiger charge is -2.09. The van der Waals surface area contributed by atoms with E-state index < -0.39 is 26.4 Å². The third-order valence-electron chi connectivity index (χ3n) is 3.12. The van der Waals surface area contributed by atoms with Crippen molar-refractivity contribution in [2.75, 3.05) is 5.32 Å². The minimum absolute atomic E-state index is 0.146. The van der Waals surface area contributed by atoms with E-state index in [2.05, 4.69) is 5.32 Å². The van der Waals surface area contributed by atoms with Crippen LogP contribution in [-0.4, -0.2) is 20.1 Å². The van der Waals surface area contributed by atoms with E-state index in [9.17, 15) is 22.0 Å². The molecule has 0 aliphatic rings. The first kappa shape index (κ1) is 17.4. The number of sulfone groups is 1. The highest BCUT2D eigenvalue weighted by Crippen LogP contribution is 2.22. The second-order valence-electron chi connectivity index (χ2n) is 4.74. The second-order valence-corrected chi connectivity index (χ2v) is 7.10. The van der Waals surface area contributed by atoms with Crippen molar-refractivity contribution in [1.29, 1.82) is 0 Å². The summed E-state index contributed by atoms with van der Waals surface area (Å²) in [7, 11) is -4.67. The molecule has 1 N–H and O–H groups in total. The maximum Gasteiger partial charge on any atom is 0.341 e. The quantitative estimate of drug-likeness (QED) is 0.900. The van der Waals surface area contributed by atoms with E-state index in [0.717, 1.165) is 17.7 Å². The molecule has 1 amide bonds. The van der Waals surface area contributed by atoms with Gasteiger partial charge in [-0.1, -0.05) is 11.6 Å². The average molecular weight is 360 g/mol. The number of halogens is 3. The van der Waals surface area contributed by atoms with Crippen LogP contribution in [0.5, 0.6) is 0 Å². The summed E-state index contributed by atoms with van der Waals surface area (Å²) in [5.41, 5.74) is 1.44. The molecule has 2 aromatic rings. The molecule has 0 saturated heterocycles. The molecule has 0 saturated carbocycles. The minimum Gasteiger partial charge on any atom is -0.322 e. The fourth-order valence-corrected chi connectivity index (χ4v) is 2.81. The van der Waals surface area contributed by atoms with E-state index in [1.54, 1.807) is 25.1 Å². The first-order valence-corrected chi connectivity index (χ1v) is 8.34. The van der Waals surface area contributed by atoms with Crippen molar-refractivity contribution in [3.05, 3.63) is 58.6 Å². The minimum atomic E-state index is -4.67. The maximum atomic E-state index is 12.4. The van der Waals surface area contributed by atoms with Crippen LogP contribution < -0.4 is 5.32 Å². The summed E-state index contributed by atoms with van der Waals surface area (Å²) in [5, 5.41) is 3.17. The molecule has 0 fully saturated rings. The molecule has 0 aliphatic heterocycles. The number of carbonyl (C=O) groups is 1. The SMILES string of the molecule is Cc1cc(Cl)ccc1NC(=O)c1ccc(S(=O)(=O)C(F)F)cc1. The van der Waals surface area contributed by atoms with Gasteiger partial charge < -0.3 is 5.32 Å². The average Bonchev–Trinajstić information content (AvgIpc) is 2.50. The number of hydrogen-bond acceptors (Lipinski definition) is 3. The summed E-state index contributed by atoms with van der Waals surface area (Å²) >= 11 is 5.83. The smallest absolute Gasteiger partial charge is 0.322 e. The zero-order valence-electron chi connectivity index (χ0n) is 11.9. The van der Waals surface area contributed by atoms with Crippen molar-refractivity contribution in [1.82, 2.24) is 0 Å². The van der Waals surface area contributed by atoms with E-state index in [1.807, 2.05) is 0 Å². The van der Waals surface area contributed by atoms with Crippen LogP contribution in [0.25, 0.3) is 0 Å². The summed E-state index contributed by atoms with van der Waals surface area (Å²) in [6.07, 6.45) is 0. The van der Waals surface area contributed by atoms with E-state index >= 15 is 0 Å². The molecule has 0 atom stereocenters. The Morgan fingerprint density at radius 2 is 1.74 bits per heavy atom. The van der Waals surface area contributed by atoms with Gasteiger partial charge in [0.2, 0.25) is 9.84 Å². The molecular weight excluding hydrogens is 348 g/mol. The Morgan fingerprint density at radius 3 is 2.26 bits per heavy atom. The van der Waals surface area contributed by atoms with Crippen molar-refractivity contribution in [3.8, 4) is 0 Å². The predicted octanol–water partition coefficient (Wildman–Crippen LogP) is 3.90. The Labute approximate surface area is 137 Å². The first-order valence-electron chi connectivity index (χ1n) is 6.41. The molecule has 4 nitrogen and oxygen atoms in total. The van der Waals surface area contributed by atoms with Crippen LogP contribution in [0, 0.1) is 6.92 Å². The number of anilines is 1. The van der Waals surface area contributed by atoms with Crippen LogP contribution >= 0.6 is 11.6 Å². The number of hydrogen-bond donors (Lipinski definition) is 1. The van der Waals surface area contributed by atoms with Gasteiger partial charge in [0.25, 0.3) is 5.91 Å². The van der Waals surface area contributed by atoms with Gasteiger partial charge in [0.05, 0.1) is 4.90 Å². The molecule has 0 aromatic heterocycles. The highest BCUT2D eigenvalue weighted by molar-refractivity contribution is 7.91. The van der Waals surface area contributed by atoms with Gasteiger partial charge in [-0.3, -0.25) is 4.79 Å². The number of carbonyl (C=O) groups excluding carboxylic acids is 1. The third kappa shape index (κ3) is 3.86. The monoisotopic (exact) mass is 359 g/mol. The van der Waals surface area contributed by atoms with Crippen LogP contribution in [0.4, 0.5) is 14.5 Å². The van der Waals surface area contributed by atoms with Crippen LogP contribution in [0.15, 0.2) is 47.4 Å². The summed E-state index contributed by atoms with van der Waals surface area (Å²) < 4.78 is 47.5. The lowest BCUT2D eigenvalue weighted by Crippen LogP contribution is -2.14. The van der Waals surface area contributed by atoms with Crippen molar-refractivity contribution >= 4 is 33.0 Å². The van der Waals surface area contributed by atoms with Gasteiger partial charge in [0.1, 0.15) is 0 Å². The Morgan fingerprint density at radius 1 is 1.13 bits per heavy atom. The molecule has 23 heavy (non-hydrogen) atoms. The van der Waals surface area contributed by atoms with Crippen LogP contribution in [-0.2, 0) is 9.84 Å². The van der Waals surface area contributed by atoms with E-state index in [0.29, 0.717) is 10.7 Å². The summed E-state index contributed by atoms with van der Waals surface area (Å²) in [5.74, 6) is -3.99. The predicted molar refractivity (Wildman–Crippen MR) is 83.8 cm³/mol. The van der Waals surface area contributed by atoms with E-state index in [1.165, 1.54) is 12.1 Å². The second kappa shape index (κ2) is 6.64. The summed E-state index contributed by atoms with van der Waals surface area (Å²) in [4.78, 5) is 11.6. The topological polar surface area (TPSA) is 63.2 Å². The first-order chi connectivity index (χ1) is 10.7. The fourth-order valence-electron chi connectivity index (χ4n) is 1.86. The highest BCUT2D eigenvalue weighted by atomic mass is 35.5. The van der Waals surface area contributed by atoms with Gasteiger partial charge in [-0.05, 0) is 55.0 Å². The molecule has 0 heterocycles. The fraction of sp³-hybridized carbons (Fsp3) is 0.133. The number of alkyl halides is 2. The lowest BCUT2D eigenvalue weighted by atomic mass is 10.1. The molecule has 2 rings (SSSR count). The van der Waals surface area contributed by atoms with Gasteiger partial charge in [-0.15, -0.1) is 0 Å². The number of rotatable bonds is 4. The largest absolute Gasteiger partial charge is 0.341 e. The standard InChI is InChI=1S/C15H12ClF2NO3S/c1-9-8-11(16)4-7-13(9)19-14(20)10-2-5-12(6-3-10)23(21,22)15(17)18/h2-8,15H,1H3,(H,19,20). The van der Waals surface area contributed by atoms with Gasteiger partial charge in [-0.25, -0.2) is 8.42 Å². The Bertz CT molecular complexity index is 836. The number of benzene rings is 2.